The van der Waals surface area contributed by atoms with Crippen LogP contribution in [0.15, 0.2) is 71.8 Å². The highest BCUT2D eigenvalue weighted by Crippen LogP contribution is 2.34. The van der Waals surface area contributed by atoms with Gasteiger partial charge in [0, 0.05) is 50.9 Å². The van der Waals surface area contributed by atoms with E-state index in [0.29, 0.717) is 50.9 Å². The van der Waals surface area contributed by atoms with E-state index < -0.39 is 0 Å². The summed E-state index contributed by atoms with van der Waals surface area (Å²) in [6.07, 6.45) is 1.50. The molecule has 1 fully saturated rings. The number of rotatable bonds is 6. The predicted octanol–water partition coefficient (Wildman–Crippen LogP) is 5.85. The number of benzene rings is 3. The molecule has 2 amide bonds. The summed E-state index contributed by atoms with van der Waals surface area (Å²) in [5.41, 5.74) is 12.2. The average Bonchev–Trinajstić information content (AvgIpc) is 3.67. The van der Waals surface area contributed by atoms with Gasteiger partial charge in [0.2, 0.25) is 5.96 Å². The van der Waals surface area contributed by atoms with Gasteiger partial charge < -0.3 is 4.90 Å². The van der Waals surface area contributed by atoms with Crippen LogP contribution < -0.4 is 21.8 Å². The van der Waals surface area contributed by atoms with E-state index in [1.165, 1.54) is 0 Å². The van der Waals surface area contributed by atoms with Crippen LogP contribution in [0.5, 0.6) is 0 Å². The van der Waals surface area contributed by atoms with Gasteiger partial charge in [-0.25, -0.2) is 5.53 Å². The number of hydrazine groups is 2. The first-order valence-electron chi connectivity index (χ1n) is 13.8. The van der Waals surface area contributed by atoms with Crippen LogP contribution in [0.1, 0.15) is 50.7 Å². The van der Waals surface area contributed by atoms with Gasteiger partial charge in [-0.3, -0.25) is 25.0 Å². The molecule has 0 bridgehead atoms. The van der Waals surface area contributed by atoms with E-state index >= 15 is 0 Å². The Balaban J connectivity index is 1.22. The first kappa shape index (κ1) is 30.2. The largest absolute Gasteiger partial charge is 0.339 e. The normalized spacial score (nSPS) is 15.0. The molecule has 3 heterocycles. The molecule has 4 aromatic rings. The van der Waals surface area contributed by atoms with Gasteiger partial charge in [-0.2, -0.15) is 5.10 Å². The van der Waals surface area contributed by atoms with E-state index in [0.717, 1.165) is 35.4 Å². The summed E-state index contributed by atoms with van der Waals surface area (Å²) in [6, 6.07) is 19.7. The van der Waals surface area contributed by atoms with Crippen molar-refractivity contribution in [3.63, 3.8) is 0 Å². The average molecular weight is 672 g/mol. The number of likely N-dealkylation sites (tertiary alicyclic amines) is 1. The summed E-state index contributed by atoms with van der Waals surface area (Å²) >= 11 is 25.0. The third-order valence-electron chi connectivity index (χ3n) is 7.52. The molecule has 44 heavy (non-hydrogen) atoms. The highest BCUT2D eigenvalue weighted by Gasteiger charge is 2.28. The number of aromatic nitrogens is 2. The maximum absolute atomic E-state index is 13.2. The minimum atomic E-state index is -0.297. The van der Waals surface area contributed by atoms with Gasteiger partial charge in [0.1, 0.15) is 0 Å². The summed E-state index contributed by atoms with van der Waals surface area (Å²) in [6.45, 7) is 1.62. The SMILES string of the molecule is O=C(NC1=NNNN1)c1ccc(Cn2nc(-c3cc(Cl)cc(Cl)c3)cc2C2CCN(C(=O)c3ccc(Cl)cc3Cl)CC2)cc1. The number of carbonyl (C=O) groups is 2. The molecule has 1 saturated heterocycles. The Kier molecular flexibility index (Phi) is 8.97. The van der Waals surface area contributed by atoms with Gasteiger partial charge in [0.15, 0.2) is 0 Å². The lowest BCUT2D eigenvalue weighted by Gasteiger charge is -2.32. The van der Waals surface area contributed by atoms with Crippen molar-refractivity contribution in [1.82, 2.24) is 36.5 Å². The second-order valence-electron chi connectivity index (χ2n) is 10.4. The lowest BCUT2D eigenvalue weighted by molar-refractivity contribution is 0.0711. The summed E-state index contributed by atoms with van der Waals surface area (Å²) in [5, 5.41) is 13.4. The number of hydrazone groups is 1. The molecule has 3 aromatic carbocycles. The second-order valence-corrected chi connectivity index (χ2v) is 12.2. The lowest BCUT2D eigenvalue weighted by atomic mass is 9.92. The number of nitrogens with one attached hydrogen (secondary N) is 4. The zero-order valence-electron chi connectivity index (χ0n) is 23.1. The van der Waals surface area contributed by atoms with Crippen molar-refractivity contribution >= 4 is 64.2 Å². The van der Waals surface area contributed by atoms with E-state index in [-0.39, 0.29) is 23.7 Å². The minimum Gasteiger partial charge on any atom is -0.339 e. The summed E-state index contributed by atoms with van der Waals surface area (Å²) < 4.78 is 1.98. The van der Waals surface area contributed by atoms with E-state index in [2.05, 4.69) is 33.0 Å². The fraction of sp³-hybridized carbons (Fsp3) is 0.200. The van der Waals surface area contributed by atoms with Gasteiger partial charge >= 0.3 is 0 Å². The number of guanidine groups is 1. The topological polar surface area (TPSA) is 116 Å². The molecule has 0 saturated carbocycles. The first-order valence-corrected chi connectivity index (χ1v) is 15.3. The molecule has 4 N–H and O–H groups in total. The fourth-order valence-corrected chi connectivity index (χ4v) is 6.33. The van der Waals surface area contributed by atoms with Crippen LogP contribution in [-0.2, 0) is 6.54 Å². The van der Waals surface area contributed by atoms with Crippen LogP contribution in [0, 0.1) is 0 Å². The maximum atomic E-state index is 13.2. The van der Waals surface area contributed by atoms with Crippen molar-refractivity contribution in [2.75, 3.05) is 13.1 Å². The van der Waals surface area contributed by atoms with Crippen LogP contribution in [0.2, 0.25) is 20.1 Å². The van der Waals surface area contributed by atoms with Crippen LogP contribution in [-0.4, -0.2) is 45.5 Å². The Morgan fingerprint density at radius 1 is 0.886 bits per heavy atom. The molecular formula is C30H26Cl4N8O2. The number of hydrogen-bond acceptors (Lipinski definition) is 7. The van der Waals surface area contributed by atoms with Gasteiger partial charge in [-0.1, -0.05) is 58.5 Å². The third-order valence-corrected chi connectivity index (χ3v) is 8.50. The third kappa shape index (κ3) is 6.80. The Morgan fingerprint density at radius 3 is 2.27 bits per heavy atom. The quantitative estimate of drug-likeness (QED) is 0.205. The van der Waals surface area contributed by atoms with E-state index in [9.17, 15) is 9.59 Å². The highest BCUT2D eigenvalue weighted by atomic mass is 35.5. The molecule has 6 rings (SSSR count). The molecule has 0 spiro atoms. The smallest absolute Gasteiger partial charge is 0.258 e. The standard InChI is InChI=1S/C30H26Cl4N8O2/c31-21-5-6-24(25(34)14-21)29(44)41-9-7-18(8-10-41)27-15-26(20-11-22(32)13-23(33)12-20)38-42(27)16-17-1-3-19(4-2-17)28(43)35-30-36-39-40-37-30/h1-6,11-15,18,39-40H,7-10,16H2,(H2,35,36,37,43). The van der Waals surface area contributed by atoms with Gasteiger partial charge in [-0.05, 0) is 73.0 Å². The van der Waals surface area contributed by atoms with Gasteiger partial charge in [-0.15, -0.1) is 10.6 Å². The first-order chi connectivity index (χ1) is 21.2. The van der Waals surface area contributed by atoms with Crippen molar-refractivity contribution in [2.24, 2.45) is 5.10 Å². The Morgan fingerprint density at radius 2 is 1.61 bits per heavy atom. The van der Waals surface area contributed by atoms with Gasteiger partial charge in [0.05, 0.1) is 22.8 Å². The molecule has 2 aliphatic heterocycles. The molecule has 0 unspecified atom stereocenters. The zero-order chi connectivity index (χ0) is 30.8. The Bertz CT molecular complexity index is 1730. The molecule has 0 radical (unpaired) electrons. The number of nitrogens with zero attached hydrogens (tertiary/aromatic N) is 4. The number of amides is 2. The summed E-state index contributed by atoms with van der Waals surface area (Å²) in [7, 11) is 0. The molecule has 0 aliphatic carbocycles. The highest BCUT2D eigenvalue weighted by molar-refractivity contribution is 6.37. The molecule has 2 aliphatic rings. The van der Waals surface area contributed by atoms with Crippen LogP contribution in [0.25, 0.3) is 11.3 Å². The van der Waals surface area contributed by atoms with Gasteiger partial charge in [0.25, 0.3) is 11.8 Å². The van der Waals surface area contributed by atoms with Crippen LogP contribution in [0.4, 0.5) is 0 Å². The number of piperidine rings is 1. The number of halogens is 4. The molecule has 1 aromatic heterocycles. The summed E-state index contributed by atoms with van der Waals surface area (Å²) in [5.74, 6) is 0.0234. The van der Waals surface area contributed by atoms with Crippen LogP contribution in [0.3, 0.4) is 0 Å². The maximum Gasteiger partial charge on any atom is 0.258 e. The molecule has 0 atom stereocenters. The number of carbonyl (C=O) groups excluding carboxylic acids is 2. The predicted molar refractivity (Wildman–Crippen MR) is 172 cm³/mol. The van der Waals surface area contributed by atoms with Crippen molar-refractivity contribution in [1.29, 1.82) is 0 Å². The van der Waals surface area contributed by atoms with Crippen molar-refractivity contribution < 1.29 is 9.59 Å². The van der Waals surface area contributed by atoms with E-state index in [1.807, 2.05) is 33.8 Å². The van der Waals surface area contributed by atoms with Crippen molar-refractivity contribution in [3.8, 4) is 11.3 Å². The van der Waals surface area contributed by atoms with Crippen molar-refractivity contribution in [2.45, 2.75) is 25.3 Å². The van der Waals surface area contributed by atoms with E-state index in [1.54, 1.807) is 36.4 Å². The van der Waals surface area contributed by atoms with E-state index in [4.69, 9.17) is 51.5 Å². The summed E-state index contributed by atoms with van der Waals surface area (Å²) in [4.78, 5) is 27.6. The Labute approximate surface area is 273 Å². The van der Waals surface area contributed by atoms with Crippen LogP contribution >= 0.6 is 46.4 Å². The number of hydrogen-bond donors (Lipinski definition) is 4. The monoisotopic (exact) mass is 670 g/mol. The van der Waals surface area contributed by atoms with Crippen molar-refractivity contribution in [3.05, 3.63) is 109 Å². The molecule has 226 valence electrons. The molecule has 14 heteroatoms. The minimum absolute atomic E-state index is 0.111. The Hall–Kier alpha value is -3.80. The molecular weight excluding hydrogens is 646 g/mol. The lowest BCUT2D eigenvalue weighted by Crippen LogP contribution is -2.43. The zero-order valence-corrected chi connectivity index (χ0v) is 26.1. The molecule has 10 nitrogen and oxygen atoms in total. The second kappa shape index (κ2) is 13.1. The fourth-order valence-electron chi connectivity index (χ4n) is 5.31.